The summed E-state index contributed by atoms with van der Waals surface area (Å²) in [7, 11) is 4.35. The summed E-state index contributed by atoms with van der Waals surface area (Å²) in [4.78, 5) is 0. The van der Waals surface area contributed by atoms with E-state index in [1.165, 1.54) is 21.3 Å². The Balaban J connectivity index is 4.91. The van der Waals surface area contributed by atoms with E-state index in [0.717, 1.165) is 0 Å². The van der Waals surface area contributed by atoms with E-state index in [4.69, 9.17) is 47.4 Å². The van der Waals surface area contributed by atoms with Gasteiger partial charge in [-0.3, -0.25) is 0 Å². The van der Waals surface area contributed by atoms with E-state index in [1.807, 2.05) is 0 Å². The number of halogens is 3. The van der Waals surface area contributed by atoms with Crippen molar-refractivity contribution in [3.05, 3.63) is 0 Å². The van der Waals surface area contributed by atoms with Crippen LogP contribution in [0.5, 0.6) is 0 Å². The van der Waals surface area contributed by atoms with E-state index < -0.39 is 17.5 Å². The molecule has 0 saturated carbocycles. The van der Waals surface area contributed by atoms with Crippen LogP contribution >= 0.6 is 33.2 Å². The predicted octanol–water partition coefficient (Wildman–Crippen LogP) is 2.20. The zero-order valence-electron chi connectivity index (χ0n) is 7.94. The Morgan fingerprint density at radius 3 is 1.54 bits per heavy atom. The third-order valence-corrected chi connectivity index (χ3v) is 5.87. The van der Waals surface area contributed by atoms with Crippen LogP contribution in [0.2, 0.25) is 0 Å². The molecule has 3 nitrogen and oxygen atoms in total. The second kappa shape index (κ2) is 5.16. The first kappa shape index (κ1) is 14.0. The highest BCUT2D eigenvalue weighted by Gasteiger charge is 2.57. The minimum absolute atomic E-state index is 0.443. The third kappa shape index (κ3) is 2.72. The highest BCUT2D eigenvalue weighted by atomic mass is 35.8. The van der Waals surface area contributed by atoms with Gasteiger partial charge in [0.25, 0.3) is 0 Å². The zero-order chi connectivity index (χ0) is 10.7. The Hall–Kier alpha value is 0.967. The minimum atomic E-state index is -3.17. The zero-order valence-corrected chi connectivity index (χ0v) is 11.2. The van der Waals surface area contributed by atoms with Crippen LogP contribution in [0.3, 0.4) is 0 Å². The van der Waals surface area contributed by atoms with E-state index >= 15 is 0 Å². The average Bonchev–Trinajstić information content (AvgIpc) is 2.04. The van der Waals surface area contributed by atoms with E-state index in [9.17, 15) is 0 Å². The fourth-order valence-electron chi connectivity index (χ4n) is 1.03. The van der Waals surface area contributed by atoms with Gasteiger partial charge in [-0.2, -0.15) is 0 Å². The van der Waals surface area contributed by atoms with Crippen LogP contribution in [-0.2, 0) is 14.2 Å². The molecule has 0 bridgehead atoms. The van der Waals surface area contributed by atoms with Crippen molar-refractivity contribution in [2.24, 2.45) is 0 Å². The monoisotopic (exact) mass is 266 g/mol. The quantitative estimate of drug-likeness (QED) is 0.434. The van der Waals surface area contributed by atoms with E-state index in [0.29, 0.717) is 0 Å². The molecule has 7 heteroatoms. The van der Waals surface area contributed by atoms with Gasteiger partial charge >= 0.3 is 6.00 Å². The summed E-state index contributed by atoms with van der Waals surface area (Å²) in [6, 6.07) is -3.17. The molecule has 0 fully saturated rings. The number of hydrogen-bond acceptors (Lipinski definition) is 3. The maximum Gasteiger partial charge on any atom is 0.405 e. The fraction of sp³-hybridized carbons (Fsp3) is 1.00. The van der Waals surface area contributed by atoms with E-state index in [1.54, 1.807) is 6.92 Å². The summed E-state index contributed by atoms with van der Waals surface area (Å²) in [6.07, 6.45) is -0.443. The maximum absolute atomic E-state index is 5.87. The molecule has 1 atom stereocenters. The highest BCUT2D eigenvalue weighted by molar-refractivity contribution is 7.65. The molecule has 0 aromatic heterocycles. The Morgan fingerprint density at radius 2 is 1.46 bits per heavy atom. The number of hydrogen-bond donors (Lipinski definition) is 0. The largest absolute Gasteiger partial charge is 0.405 e. The van der Waals surface area contributed by atoms with Crippen LogP contribution in [0.15, 0.2) is 0 Å². The first-order valence-electron chi connectivity index (χ1n) is 3.55. The van der Waals surface area contributed by atoms with Crippen molar-refractivity contribution in [2.75, 3.05) is 21.3 Å². The van der Waals surface area contributed by atoms with E-state index in [2.05, 4.69) is 0 Å². The van der Waals surface area contributed by atoms with Crippen molar-refractivity contribution in [1.82, 2.24) is 0 Å². The molecule has 0 aliphatic rings. The Kier molecular flexibility index (Phi) is 5.55. The molecule has 0 radical (unpaired) electrons. The molecule has 80 valence electrons. The normalized spacial score (nSPS) is 15.9. The van der Waals surface area contributed by atoms with Crippen LogP contribution in [0, 0.1) is 0 Å². The van der Waals surface area contributed by atoms with Gasteiger partial charge in [0.2, 0.25) is 5.41 Å². The molecular formula is C6H13Cl3O3Si. The molecule has 0 heterocycles. The molecule has 0 amide bonds. The molecule has 0 N–H and O–H groups in total. The van der Waals surface area contributed by atoms with Crippen molar-refractivity contribution in [1.29, 1.82) is 0 Å². The Morgan fingerprint density at radius 1 is 1.08 bits per heavy atom. The van der Waals surface area contributed by atoms with Crippen LogP contribution in [-0.4, -0.2) is 38.8 Å². The molecule has 0 saturated heterocycles. The van der Waals surface area contributed by atoms with Crippen LogP contribution in [0.4, 0.5) is 0 Å². The summed E-state index contributed by atoms with van der Waals surface area (Å²) in [6.45, 7) is 1.72. The molecule has 0 aliphatic carbocycles. The lowest BCUT2D eigenvalue weighted by atomic mass is 10.4. The lowest BCUT2D eigenvalue weighted by Crippen LogP contribution is -2.58. The average molecular weight is 268 g/mol. The molecule has 1 unspecified atom stereocenters. The third-order valence-electron chi connectivity index (χ3n) is 1.89. The summed E-state index contributed by atoms with van der Waals surface area (Å²) < 4.78 is 15.3. The van der Waals surface area contributed by atoms with Crippen molar-refractivity contribution in [3.63, 3.8) is 0 Å². The fourth-order valence-corrected chi connectivity index (χ4v) is 4.85. The van der Waals surface area contributed by atoms with Crippen molar-refractivity contribution in [2.45, 2.75) is 18.4 Å². The smallest absolute Gasteiger partial charge is 0.376 e. The number of ether oxygens (including phenoxy) is 3. The molecular weight excluding hydrogens is 255 g/mol. The first-order chi connectivity index (χ1) is 5.85. The van der Waals surface area contributed by atoms with Gasteiger partial charge in [-0.25, -0.2) is 0 Å². The van der Waals surface area contributed by atoms with Crippen LogP contribution < -0.4 is 0 Å². The van der Waals surface area contributed by atoms with Crippen LogP contribution in [0.25, 0.3) is 0 Å². The lowest BCUT2D eigenvalue weighted by molar-refractivity contribution is -0.206. The molecule has 0 aromatic rings. The summed E-state index contributed by atoms with van der Waals surface area (Å²) in [5.41, 5.74) is -1.26. The molecule has 0 spiro atoms. The van der Waals surface area contributed by atoms with Crippen LogP contribution in [0.1, 0.15) is 6.92 Å². The summed E-state index contributed by atoms with van der Waals surface area (Å²) >= 11 is 17.6. The SMILES string of the molecule is COC(C)C(OC)(OC)[Si](Cl)(Cl)Cl. The Bertz CT molecular complexity index is 158. The van der Waals surface area contributed by atoms with Gasteiger partial charge < -0.3 is 14.2 Å². The van der Waals surface area contributed by atoms with Crippen molar-refractivity contribution >= 4 is 39.2 Å². The van der Waals surface area contributed by atoms with Gasteiger partial charge in [0, 0.05) is 21.3 Å². The van der Waals surface area contributed by atoms with Crippen molar-refractivity contribution in [3.8, 4) is 0 Å². The van der Waals surface area contributed by atoms with Crippen molar-refractivity contribution < 1.29 is 14.2 Å². The summed E-state index contributed by atoms with van der Waals surface area (Å²) in [5.74, 6) is 0. The highest BCUT2D eigenvalue weighted by Crippen LogP contribution is 2.39. The first-order valence-corrected chi connectivity index (χ1v) is 8.59. The topological polar surface area (TPSA) is 27.7 Å². The number of methoxy groups -OCH3 is 3. The molecule has 0 aromatic carbocycles. The predicted molar refractivity (Wildman–Crippen MR) is 56.5 cm³/mol. The van der Waals surface area contributed by atoms with Gasteiger partial charge in [0.1, 0.15) is 6.10 Å². The minimum Gasteiger partial charge on any atom is -0.376 e. The molecule has 13 heavy (non-hydrogen) atoms. The van der Waals surface area contributed by atoms with E-state index in [-0.39, 0.29) is 0 Å². The number of rotatable bonds is 5. The second-order valence-electron chi connectivity index (χ2n) is 2.45. The van der Waals surface area contributed by atoms with Gasteiger partial charge in [-0.15, -0.1) is 33.2 Å². The van der Waals surface area contributed by atoms with Gasteiger partial charge in [0.15, 0.2) is 0 Å². The lowest BCUT2D eigenvalue weighted by Gasteiger charge is -2.38. The van der Waals surface area contributed by atoms with Gasteiger partial charge in [-0.05, 0) is 6.92 Å². The Labute approximate surface area is 93.3 Å². The second-order valence-corrected chi connectivity index (χ2v) is 11.0. The summed E-state index contributed by atoms with van der Waals surface area (Å²) in [5, 5.41) is 0. The maximum atomic E-state index is 5.87. The molecule has 0 aliphatic heterocycles. The standard InChI is InChI=1S/C6H13Cl3O3Si/c1-5(10-2)6(11-3,12-4)13(7,8)9/h5H,1-4H3. The molecule has 0 rings (SSSR count). The van der Waals surface area contributed by atoms with Gasteiger partial charge in [0.05, 0.1) is 0 Å². The van der Waals surface area contributed by atoms with Gasteiger partial charge in [-0.1, -0.05) is 0 Å².